The summed E-state index contributed by atoms with van der Waals surface area (Å²) in [6, 6.07) is 5.89. The van der Waals surface area contributed by atoms with Gasteiger partial charge < -0.3 is 24.5 Å². The van der Waals surface area contributed by atoms with Crippen LogP contribution in [0.5, 0.6) is 0 Å². The first kappa shape index (κ1) is 19.9. The molecule has 1 aliphatic rings. The third-order valence-electron chi connectivity index (χ3n) is 5.16. The molecule has 0 saturated carbocycles. The summed E-state index contributed by atoms with van der Waals surface area (Å²) >= 11 is 6.55. The van der Waals surface area contributed by atoms with Gasteiger partial charge in [0.1, 0.15) is 0 Å². The van der Waals surface area contributed by atoms with Crippen molar-refractivity contribution in [3.63, 3.8) is 0 Å². The first-order valence-corrected chi connectivity index (χ1v) is 10.2. The van der Waals surface area contributed by atoms with Gasteiger partial charge in [-0.2, -0.15) is 4.98 Å². The van der Waals surface area contributed by atoms with E-state index in [1.807, 2.05) is 18.2 Å². The molecule has 0 unspecified atom stereocenters. The Morgan fingerprint density at radius 2 is 2.14 bits per heavy atom. The van der Waals surface area contributed by atoms with Crippen LogP contribution in [0.15, 0.2) is 28.9 Å². The maximum absolute atomic E-state index is 10.3. The highest BCUT2D eigenvalue weighted by Crippen LogP contribution is 2.34. The summed E-state index contributed by atoms with van der Waals surface area (Å²) in [6.07, 6.45) is 4.85. The number of carbonyl (C=O) groups excluding carboxylic acids is 1. The van der Waals surface area contributed by atoms with E-state index in [0.717, 1.165) is 49.1 Å². The summed E-state index contributed by atoms with van der Waals surface area (Å²) in [4.78, 5) is 14.8. The third kappa shape index (κ3) is 4.60. The highest BCUT2D eigenvalue weighted by atomic mass is 35.5. The van der Waals surface area contributed by atoms with Crippen molar-refractivity contribution in [3.8, 4) is 11.4 Å². The van der Waals surface area contributed by atoms with Crippen LogP contribution < -0.4 is 10.6 Å². The van der Waals surface area contributed by atoms with E-state index in [9.17, 15) is 4.79 Å². The fourth-order valence-corrected chi connectivity index (χ4v) is 3.98. The highest BCUT2D eigenvalue weighted by Gasteiger charge is 2.20. The summed E-state index contributed by atoms with van der Waals surface area (Å²) in [6.45, 7) is 4.12. The van der Waals surface area contributed by atoms with Gasteiger partial charge in [-0.25, -0.2) is 0 Å². The standard InChI is InChI=1S/C20H24ClN5O3/c21-17-3-1-2-15-16(12-26(19(15)17)11-14-4-8-28-9-5-14)20-24-18(29-25-20)10-22-6-7-23-13-27/h1-3,12-14,22H,4-11H2,(H,23,27). The highest BCUT2D eigenvalue weighted by molar-refractivity contribution is 6.35. The third-order valence-corrected chi connectivity index (χ3v) is 5.46. The smallest absolute Gasteiger partial charge is 0.240 e. The summed E-state index contributed by atoms with van der Waals surface area (Å²) in [5.41, 5.74) is 1.91. The predicted molar refractivity (Wildman–Crippen MR) is 110 cm³/mol. The second kappa shape index (κ2) is 9.39. The van der Waals surface area contributed by atoms with Crippen molar-refractivity contribution >= 4 is 28.9 Å². The van der Waals surface area contributed by atoms with Gasteiger partial charge in [0.05, 0.1) is 17.1 Å². The lowest BCUT2D eigenvalue weighted by Crippen LogP contribution is -2.26. The quantitative estimate of drug-likeness (QED) is 0.410. The molecule has 2 N–H and O–H groups in total. The average molecular weight is 418 g/mol. The van der Waals surface area contributed by atoms with Crippen molar-refractivity contribution in [3.05, 3.63) is 35.3 Å². The number of carbonyl (C=O) groups is 1. The normalized spacial score (nSPS) is 15.1. The Bertz CT molecular complexity index is 964. The van der Waals surface area contributed by atoms with Gasteiger partial charge in [0, 0.05) is 50.0 Å². The number of para-hydroxylation sites is 1. The van der Waals surface area contributed by atoms with Crippen molar-refractivity contribution in [2.45, 2.75) is 25.9 Å². The van der Waals surface area contributed by atoms with E-state index in [1.54, 1.807) is 0 Å². The molecule has 3 heterocycles. The van der Waals surface area contributed by atoms with Crippen LogP contribution in [0.4, 0.5) is 0 Å². The second-order valence-electron chi connectivity index (χ2n) is 7.15. The molecule has 0 bridgehead atoms. The van der Waals surface area contributed by atoms with E-state index in [0.29, 0.717) is 48.7 Å². The van der Waals surface area contributed by atoms with Crippen LogP contribution in [0, 0.1) is 5.92 Å². The number of ether oxygens (including phenoxy) is 1. The van der Waals surface area contributed by atoms with Crippen molar-refractivity contribution in [2.24, 2.45) is 5.92 Å². The molecule has 1 fully saturated rings. The Kier molecular flexibility index (Phi) is 6.43. The van der Waals surface area contributed by atoms with Crippen LogP contribution in [0.1, 0.15) is 18.7 Å². The lowest BCUT2D eigenvalue weighted by molar-refractivity contribution is -0.109. The molecular formula is C20H24ClN5O3. The van der Waals surface area contributed by atoms with Crippen LogP contribution in [0.2, 0.25) is 5.02 Å². The first-order chi connectivity index (χ1) is 14.3. The molecule has 9 heteroatoms. The molecular weight excluding hydrogens is 394 g/mol. The Morgan fingerprint density at radius 3 is 2.97 bits per heavy atom. The van der Waals surface area contributed by atoms with Crippen LogP contribution in [0.3, 0.4) is 0 Å². The number of aromatic nitrogens is 3. The van der Waals surface area contributed by atoms with Gasteiger partial charge in [0.2, 0.25) is 18.1 Å². The largest absolute Gasteiger partial charge is 0.381 e. The van der Waals surface area contributed by atoms with Crippen LogP contribution in [-0.2, 0) is 22.6 Å². The summed E-state index contributed by atoms with van der Waals surface area (Å²) in [7, 11) is 0. The van der Waals surface area contributed by atoms with Crippen LogP contribution in [0.25, 0.3) is 22.3 Å². The Labute approximate surface area is 173 Å². The first-order valence-electron chi connectivity index (χ1n) is 9.82. The van der Waals surface area contributed by atoms with Gasteiger partial charge in [-0.05, 0) is 24.8 Å². The van der Waals surface area contributed by atoms with Crippen molar-refractivity contribution in [2.75, 3.05) is 26.3 Å². The van der Waals surface area contributed by atoms with Gasteiger partial charge >= 0.3 is 0 Å². The topological polar surface area (TPSA) is 94.2 Å². The Balaban J connectivity index is 1.56. The molecule has 0 spiro atoms. The minimum absolute atomic E-state index is 0.439. The molecule has 29 heavy (non-hydrogen) atoms. The molecule has 1 aliphatic heterocycles. The van der Waals surface area contributed by atoms with Gasteiger partial charge in [0.25, 0.3) is 0 Å². The van der Waals surface area contributed by atoms with Gasteiger partial charge in [-0.1, -0.05) is 28.9 Å². The van der Waals surface area contributed by atoms with Gasteiger partial charge in [0.15, 0.2) is 0 Å². The molecule has 2 aromatic heterocycles. The summed E-state index contributed by atoms with van der Waals surface area (Å²) in [5, 5.41) is 11.6. The van der Waals surface area contributed by atoms with Crippen LogP contribution >= 0.6 is 11.6 Å². The molecule has 0 aliphatic carbocycles. The number of benzene rings is 1. The maximum atomic E-state index is 10.3. The number of halogens is 1. The second-order valence-corrected chi connectivity index (χ2v) is 7.55. The van der Waals surface area contributed by atoms with Crippen LogP contribution in [-0.4, -0.2) is 47.4 Å². The summed E-state index contributed by atoms with van der Waals surface area (Å²) < 4.78 is 13.1. The molecule has 1 saturated heterocycles. The van der Waals surface area contributed by atoms with E-state index in [2.05, 4.69) is 31.5 Å². The van der Waals surface area contributed by atoms with E-state index < -0.39 is 0 Å². The number of rotatable bonds is 9. The van der Waals surface area contributed by atoms with E-state index in [-0.39, 0.29) is 0 Å². The van der Waals surface area contributed by atoms with Gasteiger partial charge in [-0.15, -0.1) is 0 Å². The van der Waals surface area contributed by atoms with Crippen molar-refractivity contribution in [1.29, 1.82) is 0 Å². The van der Waals surface area contributed by atoms with E-state index in [4.69, 9.17) is 20.9 Å². The number of fused-ring (bicyclic) bond motifs is 1. The molecule has 4 rings (SSSR count). The molecule has 3 aromatic rings. The predicted octanol–water partition coefficient (Wildman–Crippen LogP) is 2.61. The lowest BCUT2D eigenvalue weighted by Gasteiger charge is -2.23. The number of amides is 1. The fourth-order valence-electron chi connectivity index (χ4n) is 3.69. The fraction of sp³-hybridized carbons (Fsp3) is 0.450. The molecule has 154 valence electrons. The average Bonchev–Trinajstić information content (AvgIpc) is 3.34. The molecule has 1 amide bonds. The van der Waals surface area contributed by atoms with E-state index >= 15 is 0 Å². The lowest BCUT2D eigenvalue weighted by atomic mass is 10.0. The number of nitrogens with one attached hydrogen (secondary N) is 2. The molecule has 0 radical (unpaired) electrons. The summed E-state index contributed by atoms with van der Waals surface area (Å²) in [5.74, 6) is 1.61. The zero-order valence-electron chi connectivity index (χ0n) is 16.1. The zero-order valence-corrected chi connectivity index (χ0v) is 16.8. The minimum Gasteiger partial charge on any atom is -0.381 e. The maximum Gasteiger partial charge on any atom is 0.240 e. The Morgan fingerprint density at radius 1 is 1.28 bits per heavy atom. The Hall–Kier alpha value is -2.42. The molecule has 0 atom stereocenters. The van der Waals surface area contributed by atoms with Crippen molar-refractivity contribution < 1.29 is 14.1 Å². The van der Waals surface area contributed by atoms with E-state index in [1.165, 1.54) is 0 Å². The minimum atomic E-state index is 0.439. The zero-order chi connectivity index (χ0) is 20.1. The van der Waals surface area contributed by atoms with Gasteiger partial charge in [-0.3, -0.25) is 4.79 Å². The number of hydrogen-bond acceptors (Lipinski definition) is 6. The number of hydrogen-bond donors (Lipinski definition) is 2. The van der Waals surface area contributed by atoms with Crippen molar-refractivity contribution in [1.82, 2.24) is 25.3 Å². The number of nitrogens with zero attached hydrogens (tertiary/aromatic N) is 3. The molecule has 1 aromatic carbocycles. The molecule has 8 nitrogen and oxygen atoms in total. The SMILES string of the molecule is O=CNCCNCc1nc(-c2cn(CC3CCOCC3)c3c(Cl)cccc23)no1. The monoisotopic (exact) mass is 417 g/mol.